The largest absolute Gasteiger partial charge is 0.497 e. The lowest BCUT2D eigenvalue weighted by Gasteiger charge is -2.38. The highest BCUT2D eigenvalue weighted by Crippen LogP contribution is 2.49. The molecule has 2 N–H and O–H groups in total. The van der Waals surface area contributed by atoms with Crippen molar-refractivity contribution in [3.63, 3.8) is 0 Å². The summed E-state index contributed by atoms with van der Waals surface area (Å²) in [4.78, 5) is 4.10. The monoisotopic (exact) mass is 454 g/mol. The predicted octanol–water partition coefficient (Wildman–Crippen LogP) is 2.63. The Morgan fingerprint density at radius 1 is 1.22 bits per heavy atom. The summed E-state index contributed by atoms with van der Waals surface area (Å²) in [6, 6.07) is 13.2. The fraction of sp³-hybridized carbons (Fsp3) is 0.348. The van der Waals surface area contributed by atoms with Crippen molar-refractivity contribution in [1.29, 1.82) is 0 Å². The molecule has 3 heterocycles. The van der Waals surface area contributed by atoms with Crippen molar-refractivity contribution >= 4 is 15.7 Å². The van der Waals surface area contributed by atoms with Crippen molar-refractivity contribution in [2.24, 2.45) is 13.0 Å². The second kappa shape index (κ2) is 7.91. The fourth-order valence-corrected chi connectivity index (χ4v) is 6.55. The van der Waals surface area contributed by atoms with Gasteiger partial charge < -0.3 is 19.7 Å². The van der Waals surface area contributed by atoms with E-state index in [2.05, 4.69) is 16.4 Å². The van der Waals surface area contributed by atoms with Gasteiger partial charge in [0.2, 0.25) is 0 Å². The molecule has 1 aromatic heterocycles. The first-order valence-corrected chi connectivity index (χ1v) is 12.0. The predicted molar refractivity (Wildman–Crippen MR) is 121 cm³/mol. The number of sulfonamides is 1. The first kappa shape index (κ1) is 21.0. The molecule has 168 valence electrons. The topological polar surface area (TPSA) is 96.7 Å². The van der Waals surface area contributed by atoms with Gasteiger partial charge in [-0.05, 0) is 47.4 Å². The zero-order chi connectivity index (χ0) is 22.5. The number of nitrogens with zero attached hydrogens (tertiary/aromatic N) is 3. The Balaban J connectivity index is 1.61. The molecule has 0 amide bonds. The van der Waals surface area contributed by atoms with Crippen LogP contribution in [0.3, 0.4) is 0 Å². The molecule has 5 rings (SSSR count). The Labute approximate surface area is 187 Å². The number of imidazole rings is 1. The summed E-state index contributed by atoms with van der Waals surface area (Å²) >= 11 is 0. The molecule has 9 heteroatoms. The van der Waals surface area contributed by atoms with Gasteiger partial charge in [-0.1, -0.05) is 18.2 Å². The molecule has 0 aliphatic carbocycles. The maximum Gasteiger partial charge on any atom is 0.262 e. The molecular weight excluding hydrogens is 428 g/mol. The maximum absolute atomic E-state index is 13.5. The summed E-state index contributed by atoms with van der Waals surface area (Å²) in [6.07, 6.45) is 3.69. The fourth-order valence-electron chi connectivity index (χ4n) is 4.91. The Morgan fingerprint density at radius 2 is 2.03 bits per heavy atom. The van der Waals surface area contributed by atoms with Crippen LogP contribution in [0.2, 0.25) is 0 Å². The maximum atomic E-state index is 13.5. The number of anilines is 1. The van der Waals surface area contributed by atoms with Crippen molar-refractivity contribution in [3.8, 4) is 16.9 Å². The second-order valence-electron chi connectivity index (χ2n) is 8.36. The van der Waals surface area contributed by atoms with E-state index in [9.17, 15) is 13.5 Å². The molecule has 8 nitrogen and oxygen atoms in total. The Kier molecular flexibility index (Phi) is 5.19. The molecule has 32 heavy (non-hydrogen) atoms. The minimum absolute atomic E-state index is 0.0356. The number of aryl methyl sites for hydroxylation is 1. The lowest BCUT2D eigenvalue weighted by molar-refractivity contribution is 0.210. The SMILES string of the molecule is COc1cccc(-c2ccc3c(c2)[C@@H]2[C@@H](CCN2S(=O)(=O)c2cn(C)cn2)[C@@H](CO)N3)c1. The van der Waals surface area contributed by atoms with Crippen molar-refractivity contribution in [3.05, 3.63) is 60.6 Å². The number of nitrogens with one attached hydrogen (secondary N) is 1. The Morgan fingerprint density at radius 3 is 2.75 bits per heavy atom. The lowest BCUT2D eigenvalue weighted by Crippen LogP contribution is -2.42. The van der Waals surface area contributed by atoms with Gasteiger partial charge in [0, 0.05) is 31.4 Å². The van der Waals surface area contributed by atoms with Crippen LogP contribution >= 0.6 is 0 Å². The summed E-state index contributed by atoms with van der Waals surface area (Å²) in [5.74, 6) is 0.725. The number of hydrogen-bond donors (Lipinski definition) is 2. The third-order valence-electron chi connectivity index (χ3n) is 6.48. The van der Waals surface area contributed by atoms with Gasteiger partial charge in [-0.25, -0.2) is 13.4 Å². The van der Waals surface area contributed by atoms with Gasteiger partial charge >= 0.3 is 0 Å². The number of fused-ring (bicyclic) bond motifs is 3. The molecule has 0 bridgehead atoms. The zero-order valence-corrected chi connectivity index (χ0v) is 18.8. The summed E-state index contributed by atoms with van der Waals surface area (Å²) in [7, 11) is -0.395. The number of aliphatic hydroxyl groups excluding tert-OH is 1. The van der Waals surface area contributed by atoms with Crippen LogP contribution < -0.4 is 10.1 Å². The van der Waals surface area contributed by atoms with Crippen LogP contribution in [0.5, 0.6) is 5.75 Å². The van der Waals surface area contributed by atoms with Gasteiger partial charge in [0.25, 0.3) is 10.0 Å². The van der Waals surface area contributed by atoms with Crippen molar-refractivity contribution in [2.75, 3.05) is 25.6 Å². The highest BCUT2D eigenvalue weighted by Gasteiger charge is 2.49. The molecule has 0 unspecified atom stereocenters. The van der Waals surface area contributed by atoms with Crippen molar-refractivity contribution < 1.29 is 18.3 Å². The number of rotatable bonds is 5. The van der Waals surface area contributed by atoms with Gasteiger partial charge in [-0.15, -0.1) is 0 Å². The molecular formula is C23H26N4O4S. The summed E-state index contributed by atoms with van der Waals surface area (Å²) in [5, 5.41) is 13.5. The van der Waals surface area contributed by atoms with Crippen LogP contribution in [-0.4, -0.2) is 53.7 Å². The van der Waals surface area contributed by atoms with Gasteiger partial charge in [-0.2, -0.15) is 4.31 Å². The van der Waals surface area contributed by atoms with E-state index >= 15 is 0 Å². The highest BCUT2D eigenvalue weighted by molar-refractivity contribution is 7.89. The molecule has 1 saturated heterocycles. The smallest absolute Gasteiger partial charge is 0.262 e. The van der Waals surface area contributed by atoms with Crippen LogP contribution in [0.15, 0.2) is 60.0 Å². The van der Waals surface area contributed by atoms with Crippen LogP contribution in [-0.2, 0) is 17.1 Å². The first-order chi connectivity index (χ1) is 15.4. The third-order valence-corrected chi connectivity index (χ3v) is 8.25. The number of ether oxygens (including phenoxy) is 1. The number of aliphatic hydroxyl groups is 1. The molecule has 3 atom stereocenters. The minimum atomic E-state index is -3.78. The standard InChI is InChI=1S/C23H26N4O4S/c1-26-12-22(24-14-26)32(29,30)27-9-8-18-21(13-28)25-20-7-6-16(11-19(20)23(18)27)15-4-3-5-17(10-15)31-2/h3-7,10-12,14,18,21,23,25,28H,8-9,13H2,1-2H3/t18-,21+,23-/m0/s1. The van der Waals surface area contributed by atoms with E-state index in [1.807, 2.05) is 36.4 Å². The van der Waals surface area contributed by atoms with E-state index in [0.717, 1.165) is 28.1 Å². The number of hydrogen-bond acceptors (Lipinski definition) is 6. The average Bonchev–Trinajstić information content (AvgIpc) is 3.46. The van der Waals surface area contributed by atoms with Crippen LogP contribution in [0, 0.1) is 5.92 Å². The molecule has 0 radical (unpaired) electrons. The van der Waals surface area contributed by atoms with E-state index in [4.69, 9.17) is 4.74 Å². The summed E-state index contributed by atoms with van der Waals surface area (Å²) in [6.45, 7) is 0.324. The quantitative estimate of drug-likeness (QED) is 0.615. The Bertz CT molecular complexity index is 1260. The van der Waals surface area contributed by atoms with E-state index in [1.165, 1.54) is 12.5 Å². The van der Waals surface area contributed by atoms with Crippen molar-refractivity contribution in [2.45, 2.75) is 23.5 Å². The van der Waals surface area contributed by atoms with Crippen LogP contribution in [0.4, 0.5) is 5.69 Å². The van der Waals surface area contributed by atoms with Crippen LogP contribution in [0.25, 0.3) is 11.1 Å². The number of benzene rings is 2. The molecule has 0 saturated carbocycles. The van der Waals surface area contributed by atoms with E-state index < -0.39 is 10.0 Å². The van der Waals surface area contributed by atoms with Gasteiger partial charge in [0.15, 0.2) is 5.03 Å². The van der Waals surface area contributed by atoms with Crippen LogP contribution in [0.1, 0.15) is 18.0 Å². The first-order valence-electron chi connectivity index (χ1n) is 10.6. The number of methoxy groups -OCH3 is 1. The van der Waals surface area contributed by atoms with E-state index in [1.54, 1.807) is 23.0 Å². The number of aromatic nitrogens is 2. The second-order valence-corrected chi connectivity index (χ2v) is 10.2. The molecule has 0 spiro atoms. The molecule has 1 fully saturated rings. The summed E-state index contributed by atoms with van der Waals surface area (Å²) in [5.41, 5.74) is 3.73. The molecule has 2 aromatic carbocycles. The highest BCUT2D eigenvalue weighted by atomic mass is 32.2. The van der Waals surface area contributed by atoms with E-state index in [-0.39, 0.29) is 29.6 Å². The van der Waals surface area contributed by atoms with Gasteiger partial charge in [0.1, 0.15) is 5.75 Å². The van der Waals surface area contributed by atoms with Gasteiger partial charge in [0.05, 0.1) is 32.1 Å². The van der Waals surface area contributed by atoms with E-state index in [0.29, 0.717) is 13.0 Å². The Hall–Kier alpha value is -2.88. The molecule has 2 aliphatic rings. The van der Waals surface area contributed by atoms with Crippen molar-refractivity contribution in [1.82, 2.24) is 13.9 Å². The minimum Gasteiger partial charge on any atom is -0.497 e. The van der Waals surface area contributed by atoms with Gasteiger partial charge in [-0.3, -0.25) is 0 Å². The molecule has 2 aliphatic heterocycles. The normalized spacial score (nSPS) is 22.8. The zero-order valence-electron chi connectivity index (χ0n) is 18.0. The third kappa shape index (κ3) is 3.37. The molecule has 3 aromatic rings. The summed E-state index contributed by atoms with van der Waals surface area (Å²) < 4.78 is 35.5. The average molecular weight is 455 g/mol. The lowest BCUT2D eigenvalue weighted by atomic mass is 9.82.